The van der Waals surface area contributed by atoms with Crippen LogP contribution in [0.1, 0.15) is 5.56 Å². The molecule has 0 amide bonds. The molecule has 2 heterocycles. The van der Waals surface area contributed by atoms with Gasteiger partial charge in [-0.25, -0.2) is 9.97 Å². The summed E-state index contributed by atoms with van der Waals surface area (Å²) in [5.41, 5.74) is 4.59. The number of anilines is 1. The van der Waals surface area contributed by atoms with E-state index < -0.39 is 4.92 Å². The third-order valence-electron chi connectivity index (χ3n) is 4.03. The van der Waals surface area contributed by atoms with Crippen molar-refractivity contribution in [3.05, 3.63) is 94.7 Å². The van der Waals surface area contributed by atoms with Crippen molar-refractivity contribution in [2.45, 2.75) is 0 Å². The lowest BCUT2D eigenvalue weighted by Gasteiger charge is -2.04. The lowest BCUT2D eigenvalue weighted by Crippen LogP contribution is -1.94. The summed E-state index contributed by atoms with van der Waals surface area (Å²) < 4.78 is 5.58. The zero-order valence-corrected chi connectivity index (χ0v) is 15.1. The first-order valence-corrected chi connectivity index (χ1v) is 8.71. The molecule has 0 aliphatic carbocycles. The number of ether oxygens (including phenoxy) is 1. The van der Waals surface area contributed by atoms with Gasteiger partial charge in [-0.05, 0) is 48.0 Å². The summed E-state index contributed by atoms with van der Waals surface area (Å²) in [6.45, 7) is 0. The van der Waals surface area contributed by atoms with Crippen LogP contribution in [0.15, 0.2) is 84.1 Å². The molecule has 0 radical (unpaired) electrons. The van der Waals surface area contributed by atoms with E-state index in [4.69, 9.17) is 4.74 Å². The normalized spacial score (nSPS) is 10.9. The number of nitro groups is 1. The highest BCUT2D eigenvalue weighted by molar-refractivity contribution is 5.82. The Hall–Kier alpha value is -4.33. The Morgan fingerprint density at radius 1 is 1.00 bits per heavy atom. The van der Waals surface area contributed by atoms with E-state index in [9.17, 15) is 10.1 Å². The fourth-order valence-corrected chi connectivity index (χ4v) is 2.58. The highest BCUT2D eigenvalue weighted by Gasteiger charge is 2.06. The minimum absolute atomic E-state index is 0.0858. The number of nitrogens with zero attached hydrogens (tertiary/aromatic N) is 4. The molecule has 8 heteroatoms. The van der Waals surface area contributed by atoms with Gasteiger partial charge < -0.3 is 4.74 Å². The third kappa shape index (κ3) is 4.51. The van der Waals surface area contributed by atoms with E-state index in [1.165, 1.54) is 12.1 Å². The molecule has 0 saturated heterocycles. The Balaban J connectivity index is 1.37. The monoisotopic (exact) mass is 385 g/mol. The van der Waals surface area contributed by atoms with Crippen molar-refractivity contribution in [2.75, 3.05) is 5.43 Å². The van der Waals surface area contributed by atoms with Gasteiger partial charge in [-0.1, -0.05) is 18.2 Å². The van der Waals surface area contributed by atoms with Crippen molar-refractivity contribution >= 4 is 28.6 Å². The van der Waals surface area contributed by atoms with Gasteiger partial charge in [0, 0.05) is 17.5 Å². The predicted octanol–water partition coefficient (Wildman–Crippen LogP) is 4.78. The van der Waals surface area contributed by atoms with Crippen LogP contribution in [0.3, 0.4) is 0 Å². The second-order valence-corrected chi connectivity index (χ2v) is 6.04. The van der Waals surface area contributed by atoms with Gasteiger partial charge in [0.25, 0.3) is 5.69 Å². The molecule has 8 nitrogen and oxygen atoms in total. The van der Waals surface area contributed by atoms with Crippen molar-refractivity contribution in [2.24, 2.45) is 5.10 Å². The molecular formula is C21H15N5O3. The molecule has 0 atom stereocenters. The van der Waals surface area contributed by atoms with Crippen LogP contribution in [-0.2, 0) is 0 Å². The van der Waals surface area contributed by atoms with Crippen LogP contribution in [0.25, 0.3) is 10.9 Å². The Kier molecular flexibility index (Phi) is 5.06. The molecule has 0 aliphatic heterocycles. The number of para-hydroxylation sites is 1. The number of benzene rings is 2. The topological polar surface area (TPSA) is 103 Å². The number of nitrogens with one attached hydrogen (secondary N) is 1. The molecule has 29 heavy (non-hydrogen) atoms. The first-order chi connectivity index (χ1) is 14.2. The van der Waals surface area contributed by atoms with Crippen molar-refractivity contribution in [1.82, 2.24) is 9.97 Å². The first-order valence-electron chi connectivity index (χ1n) is 8.71. The number of aromatic nitrogens is 2. The van der Waals surface area contributed by atoms with Crippen LogP contribution in [0.5, 0.6) is 11.6 Å². The summed E-state index contributed by atoms with van der Waals surface area (Å²) in [4.78, 5) is 18.5. The lowest BCUT2D eigenvalue weighted by atomic mass is 10.2. The zero-order chi connectivity index (χ0) is 20.1. The summed E-state index contributed by atoms with van der Waals surface area (Å²) in [5, 5.41) is 15.9. The van der Waals surface area contributed by atoms with E-state index in [1.54, 1.807) is 18.3 Å². The number of fused-ring (bicyclic) bond motifs is 1. The molecule has 2 aromatic carbocycles. The van der Waals surface area contributed by atoms with Crippen molar-refractivity contribution in [3.8, 4) is 11.6 Å². The molecule has 0 spiro atoms. The molecule has 0 fully saturated rings. The quantitative estimate of drug-likeness (QED) is 0.291. The largest absolute Gasteiger partial charge is 0.439 e. The first kappa shape index (κ1) is 18.1. The van der Waals surface area contributed by atoms with Crippen LogP contribution in [0, 0.1) is 10.1 Å². The Bertz CT molecular complexity index is 1180. The molecule has 0 unspecified atom stereocenters. The van der Waals surface area contributed by atoms with Crippen LogP contribution in [0.4, 0.5) is 11.5 Å². The standard InChI is InChI=1S/C21H15N5O3/c27-26(28)17-8-12-21(22-14-17)29-18-9-5-15(6-10-18)13-23-25-20-11-7-16-3-1-2-4-19(16)24-20/h1-14H,(H,24,25)/b23-13-. The van der Waals surface area contributed by atoms with Crippen LogP contribution in [0.2, 0.25) is 0 Å². The molecule has 0 bridgehead atoms. The summed E-state index contributed by atoms with van der Waals surface area (Å²) in [6.07, 6.45) is 2.83. The van der Waals surface area contributed by atoms with Gasteiger partial charge in [-0.3, -0.25) is 15.5 Å². The van der Waals surface area contributed by atoms with Gasteiger partial charge >= 0.3 is 0 Å². The van der Waals surface area contributed by atoms with Gasteiger partial charge in [0.1, 0.15) is 17.8 Å². The number of hydrogen-bond acceptors (Lipinski definition) is 7. The Morgan fingerprint density at radius 3 is 2.59 bits per heavy atom. The van der Waals surface area contributed by atoms with Gasteiger partial charge in [0.15, 0.2) is 0 Å². The van der Waals surface area contributed by atoms with E-state index in [-0.39, 0.29) is 11.6 Å². The van der Waals surface area contributed by atoms with Crippen LogP contribution < -0.4 is 10.2 Å². The van der Waals surface area contributed by atoms with Gasteiger partial charge in [0.2, 0.25) is 5.88 Å². The smallest absolute Gasteiger partial charge is 0.287 e. The van der Waals surface area contributed by atoms with Crippen molar-refractivity contribution in [3.63, 3.8) is 0 Å². The van der Waals surface area contributed by atoms with E-state index in [1.807, 2.05) is 48.5 Å². The fraction of sp³-hybridized carbons (Fsp3) is 0. The van der Waals surface area contributed by atoms with Gasteiger partial charge in [0.05, 0.1) is 16.7 Å². The second kappa shape index (κ2) is 8.13. The van der Waals surface area contributed by atoms with Crippen molar-refractivity contribution < 1.29 is 9.66 Å². The van der Waals surface area contributed by atoms with E-state index >= 15 is 0 Å². The molecule has 0 saturated carbocycles. The third-order valence-corrected chi connectivity index (χ3v) is 4.03. The summed E-state index contributed by atoms with van der Waals surface area (Å²) in [7, 11) is 0. The average molecular weight is 385 g/mol. The molecule has 1 N–H and O–H groups in total. The SMILES string of the molecule is O=[N+]([O-])c1ccc(Oc2ccc(/C=N\Nc3ccc4ccccc4n3)cc2)nc1. The molecule has 2 aromatic heterocycles. The maximum absolute atomic E-state index is 10.6. The van der Waals surface area contributed by atoms with E-state index in [2.05, 4.69) is 20.5 Å². The zero-order valence-electron chi connectivity index (χ0n) is 15.1. The number of rotatable bonds is 6. The Morgan fingerprint density at radius 2 is 1.83 bits per heavy atom. The highest BCUT2D eigenvalue weighted by atomic mass is 16.6. The fourth-order valence-electron chi connectivity index (χ4n) is 2.58. The lowest BCUT2D eigenvalue weighted by molar-refractivity contribution is -0.385. The maximum atomic E-state index is 10.6. The molecule has 142 valence electrons. The minimum atomic E-state index is -0.508. The molecular weight excluding hydrogens is 370 g/mol. The van der Waals surface area contributed by atoms with Crippen LogP contribution in [-0.4, -0.2) is 21.1 Å². The van der Waals surface area contributed by atoms with Crippen LogP contribution >= 0.6 is 0 Å². The highest BCUT2D eigenvalue weighted by Crippen LogP contribution is 2.21. The second-order valence-electron chi connectivity index (χ2n) is 6.04. The van der Waals surface area contributed by atoms with E-state index in [0.717, 1.165) is 22.7 Å². The molecule has 0 aliphatic rings. The molecule has 4 aromatic rings. The summed E-state index contributed by atoms with van der Waals surface area (Å²) >= 11 is 0. The minimum Gasteiger partial charge on any atom is -0.439 e. The Labute approximate surface area is 165 Å². The van der Waals surface area contributed by atoms with E-state index in [0.29, 0.717) is 11.6 Å². The number of hydrogen-bond donors (Lipinski definition) is 1. The van der Waals surface area contributed by atoms with Crippen molar-refractivity contribution in [1.29, 1.82) is 0 Å². The maximum Gasteiger partial charge on any atom is 0.287 e. The predicted molar refractivity (Wildman–Crippen MR) is 110 cm³/mol. The number of hydrazone groups is 1. The average Bonchev–Trinajstić information content (AvgIpc) is 2.75. The van der Waals surface area contributed by atoms with Gasteiger partial charge in [-0.2, -0.15) is 5.10 Å². The summed E-state index contributed by atoms with van der Waals surface area (Å²) in [6, 6.07) is 21.7. The number of pyridine rings is 2. The van der Waals surface area contributed by atoms with Gasteiger partial charge in [-0.15, -0.1) is 0 Å². The molecule has 4 rings (SSSR count). The summed E-state index contributed by atoms with van der Waals surface area (Å²) in [5.74, 6) is 1.50.